The van der Waals surface area contributed by atoms with E-state index >= 15 is 0 Å². The summed E-state index contributed by atoms with van der Waals surface area (Å²) in [6, 6.07) is 13.4. The molecule has 0 fully saturated rings. The quantitative estimate of drug-likeness (QED) is 0.899. The van der Waals surface area contributed by atoms with Gasteiger partial charge in [-0.15, -0.1) is 0 Å². The van der Waals surface area contributed by atoms with E-state index in [1.807, 2.05) is 31.2 Å². The number of methoxy groups -OCH3 is 1. The lowest BCUT2D eigenvalue weighted by molar-refractivity contribution is 0.409. The number of benzene rings is 2. The molecule has 2 aromatic carbocycles. The first-order valence-corrected chi connectivity index (χ1v) is 6.60. The summed E-state index contributed by atoms with van der Waals surface area (Å²) in [7, 11) is 1.63. The van der Waals surface area contributed by atoms with Crippen LogP contribution in [0.15, 0.2) is 47.5 Å². The second-order valence-electron chi connectivity index (χ2n) is 5.22. The number of hydrogen-bond acceptors (Lipinski definition) is 3. The molecule has 1 aliphatic rings. The fourth-order valence-electron chi connectivity index (χ4n) is 2.86. The van der Waals surface area contributed by atoms with Crippen molar-refractivity contribution in [2.45, 2.75) is 19.3 Å². The normalized spacial score (nSPS) is 20.4. The van der Waals surface area contributed by atoms with E-state index in [0.29, 0.717) is 0 Å². The second-order valence-corrected chi connectivity index (χ2v) is 5.22. The second kappa shape index (κ2) is 4.37. The zero-order valence-corrected chi connectivity index (χ0v) is 11.8. The highest BCUT2D eigenvalue weighted by molar-refractivity contribution is 6.03. The molecule has 0 saturated carbocycles. The number of hydrogen-bond donors (Lipinski definition) is 1. The minimum atomic E-state index is -0.421. The highest BCUT2D eigenvalue weighted by Gasteiger charge is 2.40. The molecular formula is C17H17NO2. The average molecular weight is 267 g/mol. The van der Waals surface area contributed by atoms with Gasteiger partial charge in [0.1, 0.15) is 11.5 Å². The van der Waals surface area contributed by atoms with Gasteiger partial charge in [-0.05, 0) is 43.7 Å². The van der Waals surface area contributed by atoms with E-state index in [9.17, 15) is 5.11 Å². The van der Waals surface area contributed by atoms with Gasteiger partial charge in [-0.1, -0.05) is 18.2 Å². The molecule has 20 heavy (non-hydrogen) atoms. The van der Waals surface area contributed by atoms with Crippen molar-refractivity contribution < 1.29 is 9.84 Å². The Bertz CT molecular complexity index is 706. The highest BCUT2D eigenvalue weighted by Crippen LogP contribution is 2.47. The SMILES string of the molecule is COc1ccc(O)c(C2(C)C(C)=Nc3ccccc32)c1. The summed E-state index contributed by atoms with van der Waals surface area (Å²) in [4.78, 5) is 4.64. The number of aliphatic imine (C=N–C) groups is 1. The van der Waals surface area contributed by atoms with E-state index in [2.05, 4.69) is 18.0 Å². The third-order valence-electron chi connectivity index (χ3n) is 4.20. The van der Waals surface area contributed by atoms with Crippen molar-refractivity contribution in [2.75, 3.05) is 7.11 Å². The third-order valence-corrected chi connectivity index (χ3v) is 4.20. The van der Waals surface area contributed by atoms with Crippen molar-refractivity contribution >= 4 is 11.4 Å². The maximum Gasteiger partial charge on any atom is 0.120 e. The summed E-state index contributed by atoms with van der Waals surface area (Å²) in [5.41, 5.74) is 3.45. The molecule has 2 aromatic rings. The van der Waals surface area contributed by atoms with Gasteiger partial charge in [0.25, 0.3) is 0 Å². The monoisotopic (exact) mass is 267 g/mol. The Kier molecular flexibility index (Phi) is 2.78. The lowest BCUT2D eigenvalue weighted by atomic mass is 9.73. The molecule has 1 unspecified atom stereocenters. The van der Waals surface area contributed by atoms with Crippen LogP contribution < -0.4 is 4.74 Å². The number of fused-ring (bicyclic) bond motifs is 1. The summed E-state index contributed by atoms with van der Waals surface area (Å²) >= 11 is 0. The number of para-hydroxylation sites is 1. The molecule has 1 N–H and O–H groups in total. The van der Waals surface area contributed by atoms with E-state index < -0.39 is 5.41 Å². The van der Waals surface area contributed by atoms with Crippen LogP contribution in [0.2, 0.25) is 0 Å². The first-order valence-electron chi connectivity index (χ1n) is 6.60. The summed E-state index contributed by atoms with van der Waals surface area (Å²) in [5, 5.41) is 10.3. The number of phenolic OH excluding ortho intramolecular Hbond substituents is 1. The maximum atomic E-state index is 10.3. The van der Waals surface area contributed by atoms with Crippen molar-refractivity contribution in [3.05, 3.63) is 53.6 Å². The third kappa shape index (κ3) is 1.63. The van der Waals surface area contributed by atoms with Gasteiger partial charge in [-0.25, -0.2) is 0 Å². The number of aromatic hydroxyl groups is 1. The van der Waals surface area contributed by atoms with E-state index in [0.717, 1.165) is 28.3 Å². The molecule has 1 heterocycles. The van der Waals surface area contributed by atoms with Crippen molar-refractivity contribution in [1.29, 1.82) is 0 Å². The minimum absolute atomic E-state index is 0.263. The van der Waals surface area contributed by atoms with Crippen LogP contribution in [0.3, 0.4) is 0 Å². The van der Waals surface area contributed by atoms with E-state index in [4.69, 9.17) is 4.74 Å². The average Bonchev–Trinajstić information content (AvgIpc) is 2.72. The van der Waals surface area contributed by atoms with Crippen molar-refractivity contribution in [1.82, 2.24) is 0 Å². The Hall–Kier alpha value is -2.29. The van der Waals surface area contributed by atoms with Crippen molar-refractivity contribution in [2.24, 2.45) is 4.99 Å². The summed E-state index contributed by atoms with van der Waals surface area (Å²) in [5.74, 6) is 0.996. The molecule has 0 aliphatic carbocycles. The molecule has 0 radical (unpaired) electrons. The van der Waals surface area contributed by atoms with Crippen LogP contribution in [0.1, 0.15) is 25.0 Å². The van der Waals surface area contributed by atoms with Gasteiger partial charge in [-0.3, -0.25) is 4.99 Å². The molecule has 0 aromatic heterocycles. The molecule has 0 saturated heterocycles. The smallest absolute Gasteiger partial charge is 0.120 e. The Labute approximate surface area is 118 Å². The number of phenols is 1. The zero-order chi connectivity index (χ0) is 14.3. The van der Waals surface area contributed by atoms with Crippen LogP contribution >= 0.6 is 0 Å². The minimum Gasteiger partial charge on any atom is -0.508 e. The summed E-state index contributed by atoms with van der Waals surface area (Å²) in [6.45, 7) is 4.09. The first-order chi connectivity index (χ1) is 9.57. The molecule has 1 atom stereocenters. The standard InChI is InChI=1S/C17H17NO2/c1-11-17(2,13-6-4-5-7-15(13)18-11)14-10-12(20-3)8-9-16(14)19/h4-10,19H,1-3H3. The molecule has 1 aliphatic heterocycles. The van der Waals surface area contributed by atoms with Gasteiger partial charge < -0.3 is 9.84 Å². The highest BCUT2D eigenvalue weighted by atomic mass is 16.5. The van der Waals surface area contributed by atoms with Gasteiger partial charge >= 0.3 is 0 Å². The van der Waals surface area contributed by atoms with E-state index in [-0.39, 0.29) is 5.75 Å². The predicted octanol–water partition coefficient (Wildman–Crippen LogP) is 3.81. The van der Waals surface area contributed by atoms with Gasteiger partial charge in [-0.2, -0.15) is 0 Å². The van der Waals surface area contributed by atoms with E-state index in [1.54, 1.807) is 19.2 Å². The fraction of sp³-hybridized carbons (Fsp3) is 0.235. The lowest BCUT2D eigenvalue weighted by Gasteiger charge is -2.28. The van der Waals surface area contributed by atoms with E-state index in [1.165, 1.54) is 0 Å². The fourth-order valence-corrected chi connectivity index (χ4v) is 2.86. The Morgan fingerprint density at radius 1 is 1.10 bits per heavy atom. The van der Waals surface area contributed by atoms with Gasteiger partial charge in [0.15, 0.2) is 0 Å². The van der Waals surface area contributed by atoms with Gasteiger partial charge in [0, 0.05) is 11.3 Å². The van der Waals surface area contributed by atoms with Crippen LogP contribution in [0, 0.1) is 0 Å². The number of ether oxygens (including phenoxy) is 1. The Balaban J connectivity index is 2.26. The van der Waals surface area contributed by atoms with Crippen LogP contribution in [-0.4, -0.2) is 17.9 Å². The molecular weight excluding hydrogens is 250 g/mol. The summed E-state index contributed by atoms with van der Waals surface area (Å²) < 4.78 is 5.29. The van der Waals surface area contributed by atoms with Gasteiger partial charge in [0.2, 0.25) is 0 Å². The van der Waals surface area contributed by atoms with Crippen LogP contribution in [0.4, 0.5) is 5.69 Å². The van der Waals surface area contributed by atoms with Crippen LogP contribution in [0.5, 0.6) is 11.5 Å². The largest absolute Gasteiger partial charge is 0.508 e. The molecule has 3 heteroatoms. The molecule has 102 valence electrons. The molecule has 0 spiro atoms. The maximum absolute atomic E-state index is 10.3. The number of nitrogens with zero attached hydrogens (tertiary/aromatic N) is 1. The zero-order valence-electron chi connectivity index (χ0n) is 11.8. The predicted molar refractivity (Wildman–Crippen MR) is 80.3 cm³/mol. The Morgan fingerprint density at radius 2 is 1.85 bits per heavy atom. The van der Waals surface area contributed by atoms with Gasteiger partial charge in [0.05, 0.1) is 18.2 Å². The van der Waals surface area contributed by atoms with Crippen molar-refractivity contribution in [3.8, 4) is 11.5 Å². The molecule has 3 nitrogen and oxygen atoms in total. The van der Waals surface area contributed by atoms with Crippen LogP contribution in [0.25, 0.3) is 0 Å². The molecule has 0 amide bonds. The summed E-state index contributed by atoms with van der Waals surface area (Å²) in [6.07, 6.45) is 0. The lowest BCUT2D eigenvalue weighted by Crippen LogP contribution is -2.29. The molecule has 3 rings (SSSR count). The number of rotatable bonds is 2. The van der Waals surface area contributed by atoms with Crippen LogP contribution in [-0.2, 0) is 5.41 Å². The first kappa shape index (κ1) is 12.7. The Morgan fingerprint density at radius 3 is 2.60 bits per heavy atom. The topological polar surface area (TPSA) is 41.8 Å². The van der Waals surface area contributed by atoms with Crippen molar-refractivity contribution in [3.63, 3.8) is 0 Å². The molecule has 0 bridgehead atoms.